The highest BCUT2D eigenvalue weighted by Crippen LogP contribution is 2.37. The lowest BCUT2D eigenvalue weighted by Gasteiger charge is -2.18. The third-order valence-electron chi connectivity index (χ3n) is 8.69. The lowest BCUT2D eigenvalue weighted by molar-refractivity contribution is -0.117. The number of ketones is 1. The molecular weight excluding hydrogens is 575 g/mol. The van der Waals surface area contributed by atoms with Gasteiger partial charge in [0, 0.05) is 43.9 Å². The number of Topliss-reactive ketones (excluding diaryl/α,β-unsaturated/α-hetero) is 1. The number of amides is 1. The van der Waals surface area contributed by atoms with Crippen LogP contribution in [0.3, 0.4) is 0 Å². The summed E-state index contributed by atoms with van der Waals surface area (Å²) in [5.74, 6) is 0.177. The predicted molar refractivity (Wildman–Crippen MR) is 172 cm³/mol. The second kappa shape index (κ2) is 13.4. The fourth-order valence-corrected chi connectivity index (χ4v) is 6.00. The molecule has 1 aliphatic rings. The maximum atomic E-state index is 15.5. The topological polar surface area (TPSA) is 122 Å². The molecule has 0 bridgehead atoms. The number of aromatic amines is 1. The number of nitrogens with one attached hydrogen (secondary N) is 3. The molecule has 1 saturated carbocycles. The van der Waals surface area contributed by atoms with Crippen LogP contribution in [0.5, 0.6) is 5.75 Å². The molecule has 1 aromatic heterocycles. The Bertz CT molecular complexity index is 1890. The number of nitrogens with zero attached hydrogens (tertiary/aromatic N) is 1. The van der Waals surface area contributed by atoms with Crippen LogP contribution in [0.1, 0.15) is 52.7 Å². The van der Waals surface area contributed by atoms with Gasteiger partial charge in [0.15, 0.2) is 0 Å². The van der Waals surface area contributed by atoms with Gasteiger partial charge in [0.05, 0.1) is 7.11 Å². The minimum Gasteiger partial charge on any atom is -0.496 e. The van der Waals surface area contributed by atoms with Crippen LogP contribution in [0.15, 0.2) is 64.3 Å². The number of aromatic nitrogens is 2. The van der Waals surface area contributed by atoms with Gasteiger partial charge in [-0.05, 0) is 90.7 Å². The van der Waals surface area contributed by atoms with E-state index in [-0.39, 0.29) is 11.4 Å². The molecule has 0 radical (unpaired) electrons. The number of H-pyrrole nitrogens is 1. The molecule has 0 spiro atoms. The molecule has 0 aliphatic heterocycles. The molecule has 9 nitrogen and oxygen atoms in total. The smallest absolute Gasteiger partial charge is 0.328 e. The van der Waals surface area contributed by atoms with Gasteiger partial charge in [-0.2, -0.15) is 0 Å². The number of carbonyl (C=O) groups excluding carboxylic acids is 2. The van der Waals surface area contributed by atoms with Crippen molar-refractivity contribution in [3.05, 3.63) is 104 Å². The first kappa shape index (κ1) is 31.6. The maximum Gasteiger partial charge on any atom is 0.328 e. The summed E-state index contributed by atoms with van der Waals surface area (Å²) in [7, 11) is 2.83. The molecule has 5 rings (SSSR count). The van der Waals surface area contributed by atoms with Gasteiger partial charge in [0.2, 0.25) is 0 Å². The average molecular weight is 613 g/mol. The summed E-state index contributed by atoms with van der Waals surface area (Å²) in [6, 6.07) is 14.7. The number of methoxy groups -OCH3 is 1. The highest BCUT2D eigenvalue weighted by Gasteiger charge is 2.22. The van der Waals surface area contributed by atoms with Crippen molar-refractivity contribution < 1.29 is 18.7 Å². The molecule has 0 saturated heterocycles. The molecule has 4 aromatic rings. The fourth-order valence-electron chi connectivity index (χ4n) is 6.00. The van der Waals surface area contributed by atoms with E-state index in [0.29, 0.717) is 60.2 Å². The van der Waals surface area contributed by atoms with Gasteiger partial charge in [-0.25, -0.2) is 9.18 Å². The number of halogens is 1. The summed E-state index contributed by atoms with van der Waals surface area (Å²) in [6.45, 7) is 4.85. The third-order valence-corrected chi connectivity index (χ3v) is 8.69. The molecule has 10 heteroatoms. The zero-order valence-electron chi connectivity index (χ0n) is 25.9. The Hall–Kier alpha value is -4.83. The van der Waals surface area contributed by atoms with Crippen molar-refractivity contribution in [3.8, 4) is 28.0 Å². The number of carbonyl (C=O) groups is 2. The van der Waals surface area contributed by atoms with E-state index in [1.165, 1.54) is 20.2 Å². The van der Waals surface area contributed by atoms with E-state index in [9.17, 15) is 19.2 Å². The van der Waals surface area contributed by atoms with Gasteiger partial charge >= 0.3 is 5.69 Å². The first-order chi connectivity index (χ1) is 21.6. The molecule has 1 fully saturated rings. The summed E-state index contributed by atoms with van der Waals surface area (Å²) >= 11 is 0. The van der Waals surface area contributed by atoms with Crippen LogP contribution in [0, 0.1) is 25.6 Å². The van der Waals surface area contributed by atoms with Crippen molar-refractivity contribution in [2.75, 3.05) is 19.0 Å². The summed E-state index contributed by atoms with van der Waals surface area (Å²) < 4.78 is 22.0. The largest absolute Gasteiger partial charge is 0.496 e. The SMILES string of the molecule is COc1cc(-c2cccc(-c3cccc(NC(=O)c4c[nH]c(=O)n(C)c4=O)c3C)c2C)cc(F)c1CNCCC1CCC(=O)C1. The Labute approximate surface area is 260 Å². The first-order valence-corrected chi connectivity index (χ1v) is 15.0. The molecular formula is C35H37FN4O5. The highest BCUT2D eigenvalue weighted by molar-refractivity contribution is 6.04. The van der Waals surface area contributed by atoms with Crippen molar-refractivity contribution in [2.24, 2.45) is 13.0 Å². The standard InChI is InChI=1S/C35H37FN4O5/c1-20-25(23-16-30(36)28(32(17-23)45-4)18-37-14-13-22-11-12-24(41)15-22)7-5-8-26(20)27-9-6-10-31(21(27)2)39-33(42)29-19-38-35(44)40(3)34(29)43/h5-10,16-17,19,22,37H,11-15,18H2,1-4H3,(H,38,44)(H,39,42). The number of ether oxygens (including phenoxy) is 1. The highest BCUT2D eigenvalue weighted by atomic mass is 19.1. The first-order valence-electron chi connectivity index (χ1n) is 15.0. The third kappa shape index (κ3) is 6.66. The normalized spacial score (nSPS) is 14.5. The average Bonchev–Trinajstić information content (AvgIpc) is 3.44. The van der Waals surface area contributed by atoms with Crippen LogP contribution in [-0.2, 0) is 18.4 Å². The Morgan fingerprint density at radius 1 is 1.04 bits per heavy atom. The number of anilines is 1. The molecule has 1 aliphatic carbocycles. The quantitative estimate of drug-likeness (QED) is 0.210. The minimum atomic E-state index is -0.695. The van der Waals surface area contributed by atoms with Gasteiger partial charge in [-0.1, -0.05) is 30.3 Å². The van der Waals surface area contributed by atoms with Crippen LogP contribution in [0.25, 0.3) is 22.3 Å². The van der Waals surface area contributed by atoms with E-state index in [1.54, 1.807) is 6.07 Å². The van der Waals surface area contributed by atoms with Crippen LogP contribution in [0.2, 0.25) is 0 Å². The van der Waals surface area contributed by atoms with E-state index in [0.717, 1.165) is 51.4 Å². The van der Waals surface area contributed by atoms with E-state index in [1.807, 2.05) is 50.2 Å². The fraction of sp³-hybridized carbons (Fsp3) is 0.314. The van der Waals surface area contributed by atoms with Crippen molar-refractivity contribution in [1.82, 2.24) is 14.9 Å². The molecule has 1 heterocycles. The Balaban J connectivity index is 1.39. The monoisotopic (exact) mass is 612 g/mol. The summed E-state index contributed by atoms with van der Waals surface area (Å²) in [5.41, 5.74) is 4.44. The molecule has 45 heavy (non-hydrogen) atoms. The van der Waals surface area contributed by atoms with Crippen molar-refractivity contribution in [2.45, 2.75) is 46.1 Å². The second-order valence-electron chi connectivity index (χ2n) is 11.5. The summed E-state index contributed by atoms with van der Waals surface area (Å²) in [6.07, 6.45) is 4.23. The maximum absolute atomic E-state index is 15.5. The lowest BCUT2D eigenvalue weighted by atomic mass is 9.90. The number of hydrogen-bond acceptors (Lipinski definition) is 6. The van der Waals surface area contributed by atoms with Crippen molar-refractivity contribution in [3.63, 3.8) is 0 Å². The van der Waals surface area contributed by atoms with E-state index in [2.05, 4.69) is 15.6 Å². The van der Waals surface area contributed by atoms with E-state index < -0.39 is 17.2 Å². The van der Waals surface area contributed by atoms with E-state index >= 15 is 4.39 Å². The zero-order chi connectivity index (χ0) is 32.2. The van der Waals surface area contributed by atoms with Gasteiger partial charge in [0.1, 0.15) is 22.9 Å². The second-order valence-corrected chi connectivity index (χ2v) is 11.5. The van der Waals surface area contributed by atoms with E-state index in [4.69, 9.17) is 4.74 Å². The van der Waals surface area contributed by atoms with Crippen LogP contribution in [0.4, 0.5) is 10.1 Å². The van der Waals surface area contributed by atoms with Crippen LogP contribution in [-0.4, -0.2) is 34.9 Å². The van der Waals surface area contributed by atoms with Gasteiger partial charge in [-0.15, -0.1) is 0 Å². The Kier molecular flexibility index (Phi) is 9.43. The molecule has 1 atom stereocenters. The number of benzene rings is 3. The predicted octanol–water partition coefficient (Wildman–Crippen LogP) is 5.27. The van der Waals surface area contributed by atoms with Crippen molar-refractivity contribution in [1.29, 1.82) is 0 Å². The molecule has 1 amide bonds. The lowest BCUT2D eigenvalue weighted by Crippen LogP contribution is -2.37. The van der Waals surface area contributed by atoms with Crippen LogP contribution >= 0.6 is 0 Å². The van der Waals surface area contributed by atoms with Crippen molar-refractivity contribution >= 4 is 17.4 Å². The Morgan fingerprint density at radius 3 is 2.47 bits per heavy atom. The van der Waals surface area contributed by atoms with Gasteiger partial charge < -0.3 is 20.4 Å². The number of hydrogen-bond donors (Lipinski definition) is 3. The van der Waals surface area contributed by atoms with Gasteiger partial charge in [0.25, 0.3) is 11.5 Å². The molecule has 3 N–H and O–H groups in total. The molecule has 234 valence electrons. The molecule has 1 unspecified atom stereocenters. The summed E-state index contributed by atoms with van der Waals surface area (Å²) in [4.78, 5) is 51.1. The summed E-state index contributed by atoms with van der Waals surface area (Å²) in [5, 5.41) is 6.10. The van der Waals surface area contributed by atoms with Gasteiger partial charge in [-0.3, -0.25) is 19.0 Å². The minimum absolute atomic E-state index is 0.181. The Morgan fingerprint density at radius 2 is 1.76 bits per heavy atom. The zero-order valence-corrected chi connectivity index (χ0v) is 25.9. The van der Waals surface area contributed by atoms with Crippen LogP contribution < -0.4 is 26.6 Å². The molecule has 3 aromatic carbocycles. The number of rotatable bonds is 10.